The summed E-state index contributed by atoms with van der Waals surface area (Å²) in [4.78, 5) is 13.1. The molecule has 5 nitrogen and oxygen atoms in total. The van der Waals surface area contributed by atoms with Crippen LogP contribution in [0.1, 0.15) is 32.7 Å². The van der Waals surface area contributed by atoms with Crippen LogP contribution in [0.25, 0.3) is 0 Å². The Morgan fingerprint density at radius 2 is 1.52 bits per heavy atom. The molecule has 33 heavy (non-hydrogen) atoms. The Bertz CT molecular complexity index is 1310. The maximum absolute atomic E-state index is 13.1. The minimum absolute atomic E-state index is 0.208. The molecule has 0 atom stereocenters. The first-order valence-corrected chi connectivity index (χ1v) is 11.0. The molecule has 0 radical (unpaired) electrons. The molecule has 0 aliphatic rings. The molecule has 0 N–H and O–H groups in total. The zero-order chi connectivity index (χ0) is 23.2. The van der Waals surface area contributed by atoms with Crippen LogP contribution >= 0.6 is 23.2 Å². The topological polar surface area (TPSA) is 59.6 Å². The summed E-state index contributed by atoms with van der Waals surface area (Å²) in [5, 5.41) is 14.1. The van der Waals surface area contributed by atoms with E-state index in [2.05, 4.69) is 15.3 Å². The lowest BCUT2D eigenvalue weighted by Crippen LogP contribution is -2.15. The second kappa shape index (κ2) is 10.4. The van der Waals surface area contributed by atoms with E-state index in [-0.39, 0.29) is 11.5 Å². The zero-order valence-corrected chi connectivity index (χ0v) is 19.3. The lowest BCUT2D eigenvalue weighted by molar-refractivity contribution is 0.106. The highest BCUT2D eigenvalue weighted by Crippen LogP contribution is 2.20. The van der Waals surface area contributed by atoms with Gasteiger partial charge in [0.2, 0.25) is 5.78 Å². The van der Waals surface area contributed by atoms with E-state index in [9.17, 15) is 4.79 Å². The van der Waals surface area contributed by atoms with Crippen molar-refractivity contribution >= 4 is 40.9 Å². The number of carbonyl (C=O) groups is 1. The van der Waals surface area contributed by atoms with E-state index < -0.39 is 0 Å². The highest BCUT2D eigenvalue weighted by molar-refractivity contribution is 6.51. The monoisotopic (exact) mass is 474 g/mol. The van der Waals surface area contributed by atoms with Gasteiger partial charge < -0.3 is 0 Å². The van der Waals surface area contributed by atoms with Gasteiger partial charge in [-0.3, -0.25) is 4.79 Å². The molecule has 0 amide bonds. The van der Waals surface area contributed by atoms with Gasteiger partial charge in [-0.1, -0.05) is 96.0 Å². The highest BCUT2D eigenvalue weighted by Gasteiger charge is 2.16. The van der Waals surface area contributed by atoms with E-state index in [4.69, 9.17) is 23.2 Å². The van der Waals surface area contributed by atoms with Crippen LogP contribution in [0.4, 0.5) is 0 Å². The van der Waals surface area contributed by atoms with Gasteiger partial charge in [-0.25, -0.2) is 4.68 Å². The molecular weight excluding hydrogens is 455 g/mol. The standard InChI is InChI=1S/C26H20Cl2N4O/c1-18-23(26(28)32(31-18)17-19-12-14-22(27)15-13-19)16-29-30-24(20-8-4-2-5-9-20)25(33)21-10-6-3-7-11-21/h2-16H,17H2,1H3. The van der Waals surface area contributed by atoms with Crippen molar-refractivity contribution in [1.29, 1.82) is 0 Å². The van der Waals surface area contributed by atoms with Crippen LogP contribution in [-0.2, 0) is 6.54 Å². The molecule has 0 unspecified atom stereocenters. The summed E-state index contributed by atoms with van der Waals surface area (Å²) in [5.74, 6) is -0.208. The highest BCUT2D eigenvalue weighted by atomic mass is 35.5. The summed E-state index contributed by atoms with van der Waals surface area (Å²) in [5.41, 5.74) is 3.85. The van der Waals surface area contributed by atoms with Gasteiger partial charge in [0, 0.05) is 16.1 Å². The number of benzene rings is 3. The predicted octanol–water partition coefficient (Wildman–Crippen LogP) is 6.25. The Hall–Kier alpha value is -3.54. The number of halogens is 2. The van der Waals surface area contributed by atoms with Crippen molar-refractivity contribution in [2.24, 2.45) is 10.2 Å². The fourth-order valence-corrected chi connectivity index (χ4v) is 3.69. The Morgan fingerprint density at radius 3 is 2.15 bits per heavy atom. The van der Waals surface area contributed by atoms with E-state index in [0.29, 0.717) is 39.1 Å². The first-order chi connectivity index (χ1) is 16.0. The summed E-state index contributed by atoms with van der Waals surface area (Å²) >= 11 is 12.5. The predicted molar refractivity (Wildman–Crippen MR) is 134 cm³/mol. The molecule has 1 aromatic heterocycles. The minimum atomic E-state index is -0.208. The van der Waals surface area contributed by atoms with Gasteiger partial charge in [0.15, 0.2) is 0 Å². The number of aromatic nitrogens is 2. The lowest BCUT2D eigenvalue weighted by atomic mass is 10.0. The maximum atomic E-state index is 13.1. The summed E-state index contributed by atoms with van der Waals surface area (Å²) in [6, 6.07) is 25.8. The average Bonchev–Trinajstić information content (AvgIpc) is 3.11. The molecule has 164 valence electrons. The minimum Gasteiger partial charge on any atom is -0.287 e. The number of rotatable bonds is 7. The normalized spacial score (nSPS) is 11.8. The Morgan fingerprint density at radius 1 is 0.909 bits per heavy atom. The van der Waals surface area contributed by atoms with Gasteiger partial charge in [0.25, 0.3) is 0 Å². The van der Waals surface area contributed by atoms with Crippen molar-refractivity contribution < 1.29 is 4.79 Å². The molecule has 4 aromatic rings. The zero-order valence-electron chi connectivity index (χ0n) is 17.8. The van der Waals surface area contributed by atoms with Crippen LogP contribution in [0.5, 0.6) is 0 Å². The third kappa shape index (κ3) is 5.45. The molecule has 0 aliphatic carbocycles. The molecule has 0 fully saturated rings. The van der Waals surface area contributed by atoms with Gasteiger partial charge in [0.1, 0.15) is 10.9 Å². The third-order valence-corrected chi connectivity index (χ3v) is 5.65. The first-order valence-electron chi connectivity index (χ1n) is 10.3. The molecule has 0 aliphatic heterocycles. The fraction of sp³-hybridized carbons (Fsp3) is 0.0769. The van der Waals surface area contributed by atoms with Crippen LogP contribution in [-0.4, -0.2) is 27.5 Å². The van der Waals surface area contributed by atoms with E-state index in [0.717, 1.165) is 5.56 Å². The molecule has 0 bridgehead atoms. The van der Waals surface area contributed by atoms with Crippen LogP contribution in [0.3, 0.4) is 0 Å². The SMILES string of the molecule is Cc1nn(Cc2ccc(Cl)cc2)c(Cl)c1C=NN=C(C(=O)c1ccccc1)c1ccccc1. The van der Waals surface area contributed by atoms with E-state index in [1.807, 2.05) is 79.7 Å². The summed E-state index contributed by atoms with van der Waals surface area (Å²) in [6.07, 6.45) is 1.53. The Labute approximate surface area is 202 Å². The average molecular weight is 475 g/mol. The smallest absolute Gasteiger partial charge is 0.213 e. The second-order valence-electron chi connectivity index (χ2n) is 7.33. The summed E-state index contributed by atoms with van der Waals surface area (Å²) in [7, 11) is 0. The quantitative estimate of drug-likeness (QED) is 0.180. The van der Waals surface area contributed by atoms with Crippen molar-refractivity contribution in [2.45, 2.75) is 13.5 Å². The van der Waals surface area contributed by atoms with Gasteiger partial charge in [-0.2, -0.15) is 10.2 Å². The Balaban J connectivity index is 1.63. The third-order valence-electron chi connectivity index (χ3n) is 5.00. The van der Waals surface area contributed by atoms with Crippen molar-refractivity contribution in [3.8, 4) is 0 Å². The molecule has 0 saturated carbocycles. The molecule has 0 spiro atoms. The molecular formula is C26H20Cl2N4O. The van der Waals surface area contributed by atoms with Gasteiger partial charge in [-0.15, -0.1) is 5.10 Å². The van der Waals surface area contributed by atoms with Crippen LogP contribution in [0, 0.1) is 6.92 Å². The van der Waals surface area contributed by atoms with Gasteiger partial charge in [-0.05, 0) is 24.6 Å². The first kappa shape index (κ1) is 22.6. The number of hydrogen-bond donors (Lipinski definition) is 0. The molecule has 1 heterocycles. The fourth-order valence-electron chi connectivity index (χ4n) is 3.28. The lowest BCUT2D eigenvalue weighted by Gasteiger charge is -2.04. The van der Waals surface area contributed by atoms with Gasteiger partial charge >= 0.3 is 0 Å². The van der Waals surface area contributed by atoms with Crippen molar-refractivity contribution in [3.05, 3.63) is 123 Å². The number of carbonyl (C=O) groups excluding carboxylic acids is 1. The van der Waals surface area contributed by atoms with E-state index in [1.165, 1.54) is 6.21 Å². The van der Waals surface area contributed by atoms with Crippen molar-refractivity contribution in [1.82, 2.24) is 9.78 Å². The summed E-state index contributed by atoms with van der Waals surface area (Å²) in [6.45, 7) is 2.35. The van der Waals surface area contributed by atoms with Crippen LogP contribution in [0.15, 0.2) is 95.1 Å². The van der Waals surface area contributed by atoms with Gasteiger partial charge in [0.05, 0.1) is 24.0 Å². The maximum Gasteiger partial charge on any atom is 0.213 e. The Kier molecular flexibility index (Phi) is 7.13. The number of Topliss-reactive ketones (excluding diaryl/α,β-unsaturated/α-hetero) is 1. The van der Waals surface area contributed by atoms with E-state index in [1.54, 1.807) is 16.8 Å². The summed E-state index contributed by atoms with van der Waals surface area (Å²) < 4.78 is 1.69. The largest absolute Gasteiger partial charge is 0.287 e. The molecule has 4 rings (SSSR count). The van der Waals surface area contributed by atoms with Crippen molar-refractivity contribution in [2.75, 3.05) is 0 Å². The number of hydrogen-bond acceptors (Lipinski definition) is 4. The van der Waals surface area contributed by atoms with E-state index >= 15 is 0 Å². The van der Waals surface area contributed by atoms with Crippen LogP contribution < -0.4 is 0 Å². The number of ketones is 1. The molecule has 7 heteroatoms. The molecule has 3 aromatic carbocycles. The number of aryl methyl sites for hydroxylation is 1. The molecule has 0 saturated heterocycles. The van der Waals surface area contributed by atoms with Crippen molar-refractivity contribution in [3.63, 3.8) is 0 Å². The number of nitrogens with zero attached hydrogens (tertiary/aromatic N) is 4. The van der Waals surface area contributed by atoms with Crippen LogP contribution in [0.2, 0.25) is 10.2 Å². The second-order valence-corrected chi connectivity index (χ2v) is 8.12.